The second-order valence-corrected chi connectivity index (χ2v) is 4.69. The summed E-state index contributed by atoms with van der Waals surface area (Å²) in [5.74, 6) is 0. The second kappa shape index (κ2) is 8.25. The summed E-state index contributed by atoms with van der Waals surface area (Å²) in [5.41, 5.74) is 0.239. The third kappa shape index (κ3) is 8.52. The van der Waals surface area contributed by atoms with Gasteiger partial charge in [0.25, 0.3) is 0 Å². The van der Waals surface area contributed by atoms with Crippen molar-refractivity contribution in [2.45, 2.75) is 58.9 Å². The Morgan fingerprint density at radius 3 is 2.07 bits per heavy atom. The van der Waals surface area contributed by atoms with Crippen LogP contribution in [0.4, 0.5) is 0 Å². The summed E-state index contributed by atoms with van der Waals surface area (Å²) in [6.45, 7) is 12.3. The van der Waals surface area contributed by atoms with E-state index in [-0.39, 0.29) is 5.54 Å². The van der Waals surface area contributed by atoms with Gasteiger partial charge in [-0.25, -0.2) is 0 Å². The molecule has 0 aliphatic carbocycles. The predicted octanol–water partition coefficient (Wildman–Crippen LogP) is 2.54. The fraction of sp³-hybridized carbons (Fsp3) is 1.00. The lowest BCUT2D eigenvalue weighted by molar-refractivity contribution is 0.362. The summed E-state index contributed by atoms with van der Waals surface area (Å²) < 4.78 is 0. The molecule has 0 aromatic rings. The van der Waals surface area contributed by atoms with Gasteiger partial charge in [0.2, 0.25) is 0 Å². The van der Waals surface area contributed by atoms with Gasteiger partial charge in [-0.3, -0.25) is 0 Å². The predicted molar refractivity (Wildman–Crippen MR) is 64.8 cm³/mol. The molecule has 0 amide bonds. The van der Waals surface area contributed by atoms with E-state index in [1.807, 2.05) is 0 Å². The van der Waals surface area contributed by atoms with Crippen LogP contribution in [0.1, 0.15) is 53.4 Å². The number of hydrogen-bond acceptors (Lipinski definition) is 2. The molecular weight excluding hydrogens is 172 g/mol. The molecule has 2 nitrogen and oxygen atoms in total. The summed E-state index contributed by atoms with van der Waals surface area (Å²) >= 11 is 0. The average molecular weight is 200 g/mol. The average Bonchev–Trinajstić information content (AvgIpc) is 2.13. The topological polar surface area (TPSA) is 24.1 Å². The zero-order chi connectivity index (χ0) is 10.9. The Labute approximate surface area is 89.9 Å². The van der Waals surface area contributed by atoms with E-state index in [1.165, 1.54) is 25.7 Å². The van der Waals surface area contributed by atoms with Gasteiger partial charge in [0.15, 0.2) is 0 Å². The van der Waals surface area contributed by atoms with Gasteiger partial charge in [-0.1, -0.05) is 26.7 Å². The van der Waals surface area contributed by atoms with E-state index in [9.17, 15) is 0 Å². The Bertz CT molecular complexity index is 121. The van der Waals surface area contributed by atoms with E-state index >= 15 is 0 Å². The van der Waals surface area contributed by atoms with Crippen LogP contribution in [0.2, 0.25) is 0 Å². The summed E-state index contributed by atoms with van der Waals surface area (Å²) in [7, 11) is 0. The van der Waals surface area contributed by atoms with Gasteiger partial charge in [-0.2, -0.15) is 0 Å². The molecule has 0 saturated carbocycles. The van der Waals surface area contributed by atoms with Crippen molar-refractivity contribution in [1.29, 1.82) is 0 Å². The van der Waals surface area contributed by atoms with Crippen molar-refractivity contribution in [1.82, 2.24) is 10.6 Å². The van der Waals surface area contributed by atoms with Gasteiger partial charge in [-0.05, 0) is 39.8 Å². The maximum absolute atomic E-state index is 3.57. The maximum Gasteiger partial charge on any atom is 0.0249 e. The molecule has 0 spiro atoms. The molecule has 0 aliphatic rings. The Morgan fingerprint density at radius 2 is 1.50 bits per heavy atom. The minimum atomic E-state index is 0.239. The highest BCUT2D eigenvalue weighted by atomic mass is 15.0. The van der Waals surface area contributed by atoms with Crippen molar-refractivity contribution in [3.63, 3.8) is 0 Å². The zero-order valence-electron chi connectivity index (χ0n) is 10.4. The molecule has 2 heteroatoms. The Balaban J connectivity index is 3.40. The maximum atomic E-state index is 3.57. The van der Waals surface area contributed by atoms with Crippen molar-refractivity contribution in [2.24, 2.45) is 0 Å². The van der Waals surface area contributed by atoms with E-state index in [2.05, 4.69) is 38.3 Å². The molecule has 0 aromatic heterocycles. The van der Waals surface area contributed by atoms with Gasteiger partial charge < -0.3 is 10.6 Å². The number of hydrogen-bond donors (Lipinski definition) is 2. The second-order valence-electron chi connectivity index (χ2n) is 4.69. The van der Waals surface area contributed by atoms with Crippen LogP contribution < -0.4 is 10.6 Å². The fourth-order valence-corrected chi connectivity index (χ4v) is 1.37. The highest BCUT2D eigenvalue weighted by Crippen LogP contribution is 2.00. The molecule has 0 saturated heterocycles. The van der Waals surface area contributed by atoms with Crippen LogP contribution in [0.25, 0.3) is 0 Å². The smallest absolute Gasteiger partial charge is 0.0249 e. The van der Waals surface area contributed by atoms with Crippen molar-refractivity contribution >= 4 is 0 Å². The van der Waals surface area contributed by atoms with Gasteiger partial charge in [-0.15, -0.1) is 0 Å². The van der Waals surface area contributed by atoms with Crippen molar-refractivity contribution in [3.8, 4) is 0 Å². The SMILES string of the molecule is CCCCNCC(C)(C)NCCCC. The van der Waals surface area contributed by atoms with Gasteiger partial charge in [0.05, 0.1) is 0 Å². The molecule has 0 fully saturated rings. The Morgan fingerprint density at radius 1 is 0.929 bits per heavy atom. The van der Waals surface area contributed by atoms with Crippen molar-refractivity contribution in [2.75, 3.05) is 19.6 Å². The van der Waals surface area contributed by atoms with Gasteiger partial charge in [0.1, 0.15) is 0 Å². The first-order chi connectivity index (χ1) is 6.62. The number of rotatable bonds is 9. The van der Waals surface area contributed by atoms with Crippen molar-refractivity contribution in [3.05, 3.63) is 0 Å². The van der Waals surface area contributed by atoms with E-state index in [0.717, 1.165) is 19.6 Å². The number of nitrogens with one attached hydrogen (secondary N) is 2. The Hall–Kier alpha value is -0.0800. The summed E-state index contributed by atoms with van der Waals surface area (Å²) in [5, 5.41) is 7.07. The van der Waals surface area contributed by atoms with Gasteiger partial charge >= 0.3 is 0 Å². The Kier molecular flexibility index (Phi) is 8.20. The molecule has 86 valence electrons. The molecule has 0 atom stereocenters. The van der Waals surface area contributed by atoms with Crippen LogP contribution in [-0.4, -0.2) is 25.2 Å². The van der Waals surface area contributed by atoms with Crippen LogP contribution in [0, 0.1) is 0 Å². The minimum absolute atomic E-state index is 0.239. The van der Waals surface area contributed by atoms with E-state index in [0.29, 0.717) is 0 Å². The van der Waals surface area contributed by atoms with Crippen LogP contribution in [0.3, 0.4) is 0 Å². The molecule has 14 heavy (non-hydrogen) atoms. The molecule has 0 aliphatic heterocycles. The summed E-state index contributed by atoms with van der Waals surface area (Å²) in [4.78, 5) is 0. The quantitative estimate of drug-likeness (QED) is 0.559. The summed E-state index contributed by atoms with van der Waals surface area (Å²) in [6, 6.07) is 0. The van der Waals surface area contributed by atoms with Crippen LogP contribution >= 0.6 is 0 Å². The molecule has 0 aromatic carbocycles. The monoisotopic (exact) mass is 200 g/mol. The molecule has 0 heterocycles. The van der Waals surface area contributed by atoms with Crippen LogP contribution in [-0.2, 0) is 0 Å². The fourth-order valence-electron chi connectivity index (χ4n) is 1.37. The van der Waals surface area contributed by atoms with Crippen LogP contribution in [0.5, 0.6) is 0 Å². The van der Waals surface area contributed by atoms with E-state index in [4.69, 9.17) is 0 Å². The third-order valence-corrected chi connectivity index (χ3v) is 2.41. The minimum Gasteiger partial charge on any atom is -0.315 e. The largest absolute Gasteiger partial charge is 0.315 e. The van der Waals surface area contributed by atoms with E-state index < -0.39 is 0 Å². The molecular formula is C12H28N2. The molecule has 0 radical (unpaired) electrons. The lowest BCUT2D eigenvalue weighted by atomic mass is 10.1. The molecule has 0 bridgehead atoms. The highest BCUT2D eigenvalue weighted by molar-refractivity contribution is 4.79. The molecule has 0 unspecified atom stereocenters. The normalized spacial score (nSPS) is 12.0. The highest BCUT2D eigenvalue weighted by Gasteiger charge is 2.14. The third-order valence-electron chi connectivity index (χ3n) is 2.41. The molecule has 0 rings (SSSR count). The standard InChI is InChI=1S/C12H28N2/c1-5-7-9-13-11-12(3,4)14-10-8-6-2/h13-14H,5-11H2,1-4H3. The van der Waals surface area contributed by atoms with Crippen LogP contribution in [0.15, 0.2) is 0 Å². The first kappa shape index (κ1) is 13.9. The van der Waals surface area contributed by atoms with E-state index in [1.54, 1.807) is 0 Å². The molecule has 2 N–H and O–H groups in total. The van der Waals surface area contributed by atoms with Gasteiger partial charge in [0, 0.05) is 12.1 Å². The van der Waals surface area contributed by atoms with Crippen molar-refractivity contribution < 1.29 is 0 Å². The number of unbranched alkanes of at least 4 members (excludes halogenated alkanes) is 2. The zero-order valence-corrected chi connectivity index (χ0v) is 10.4. The summed E-state index contributed by atoms with van der Waals surface area (Å²) in [6.07, 6.45) is 5.10. The first-order valence-corrected chi connectivity index (χ1v) is 6.08. The lowest BCUT2D eigenvalue weighted by Gasteiger charge is -2.26. The lowest BCUT2D eigenvalue weighted by Crippen LogP contribution is -2.48. The first-order valence-electron chi connectivity index (χ1n) is 6.08.